The summed E-state index contributed by atoms with van der Waals surface area (Å²) in [6.45, 7) is 1.72. The van der Waals surface area contributed by atoms with Gasteiger partial charge in [-0.25, -0.2) is 4.79 Å². The van der Waals surface area contributed by atoms with Crippen LogP contribution in [0.2, 0.25) is 0 Å². The first-order valence-corrected chi connectivity index (χ1v) is 3.53. The van der Waals surface area contributed by atoms with E-state index in [9.17, 15) is 4.79 Å². The molecule has 0 radical (unpaired) electrons. The number of pyridine rings is 1. The van der Waals surface area contributed by atoms with Crippen LogP contribution in [0.25, 0.3) is 5.57 Å². The molecule has 0 bridgehead atoms. The number of hydrogen-bond donors (Lipinski definition) is 1. The lowest BCUT2D eigenvalue weighted by atomic mass is 10.2. The Hall–Kier alpha value is -1.64. The highest BCUT2D eigenvalue weighted by molar-refractivity contribution is 5.88. The maximum absolute atomic E-state index is 10.3. The predicted molar refractivity (Wildman–Crippen MR) is 45.5 cm³/mol. The normalized spacial score (nSPS) is 11.2. The molecule has 0 fully saturated rings. The summed E-state index contributed by atoms with van der Waals surface area (Å²) in [6.07, 6.45) is 2.77. The fraction of sp³-hybridized carbons (Fsp3) is 0.111. The van der Waals surface area contributed by atoms with E-state index in [0.717, 1.165) is 6.08 Å². The second-order valence-electron chi connectivity index (χ2n) is 2.38. The van der Waals surface area contributed by atoms with Crippen molar-refractivity contribution in [1.29, 1.82) is 0 Å². The minimum Gasteiger partial charge on any atom is -0.478 e. The smallest absolute Gasteiger partial charge is 0.328 e. The highest BCUT2D eigenvalue weighted by Gasteiger charge is 1.97. The lowest BCUT2D eigenvalue weighted by molar-refractivity contribution is -0.131. The van der Waals surface area contributed by atoms with Crippen molar-refractivity contribution >= 4 is 11.5 Å². The molecular formula is C9H9NO2. The van der Waals surface area contributed by atoms with Gasteiger partial charge in [0.05, 0.1) is 5.69 Å². The summed E-state index contributed by atoms with van der Waals surface area (Å²) in [7, 11) is 0. The summed E-state index contributed by atoms with van der Waals surface area (Å²) in [5.74, 6) is -0.946. The standard InChI is InChI=1S/C9H9NO2/c1-7(6-9(11)12)8-4-2-3-5-10-8/h2-6H,1H3,(H,11,12)/b7-6-. The quantitative estimate of drug-likeness (QED) is 0.673. The highest BCUT2D eigenvalue weighted by Crippen LogP contribution is 2.08. The fourth-order valence-corrected chi connectivity index (χ4v) is 0.855. The molecule has 0 aliphatic carbocycles. The number of carboxylic acids is 1. The summed E-state index contributed by atoms with van der Waals surface area (Å²) in [5, 5.41) is 8.44. The lowest BCUT2D eigenvalue weighted by Gasteiger charge is -1.96. The van der Waals surface area contributed by atoms with Gasteiger partial charge in [0.25, 0.3) is 0 Å². The van der Waals surface area contributed by atoms with Crippen molar-refractivity contribution in [3.8, 4) is 0 Å². The molecule has 0 spiro atoms. The third-order valence-corrected chi connectivity index (χ3v) is 1.41. The zero-order valence-electron chi connectivity index (χ0n) is 6.69. The van der Waals surface area contributed by atoms with Crippen LogP contribution in [-0.2, 0) is 4.79 Å². The van der Waals surface area contributed by atoms with E-state index in [-0.39, 0.29) is 0 Å². The van der Waals surface area contributed by atoms with Crippen molar-refractivity contribution in [2.45, 2.75) is 6.92 Å². The molecule has 0 unspecified atom stereocenters. The maximum atomic E-state index is 10.3. The first-order chi connectivity index (χ1) is 5.70. The molecule has 0 aliphatic rings. The molecule has 0 saturated heterocycles. The number of carboxylic acid groups (broad SMARTS) is 1. The van der Waals surface area contributed by atoms with Gasteiger partial charge < -0.3 is 5.11 Å². The topological polar surface area (TPSA) is 50.2 Å². The molecule has 3 heteroatoms. The van der Waals surface area contributed by atoms with Gasteiger partial charge in [-0.1, -0.05) is 6.07 Å². The molecule has 62 valence electrons. The molecule has 3 nitrogen and oxygen atoms in total. The Balaban J connectivity index is 2.93. The Morgan fingerprint density at radius 2 is 2.33 bits per heavy atom. The zero-order valence-corrected chi connectivity index (χ0v) is 6.69. The first-order valence-electron chi connectivity index (χ1n) is 3.53. The molecule has 1 rings (SSSR count). The SMILES string of the molecule is C/C(=C/C(=O)O)c1ccccn1. The molecule has 12 heavy (non-hydrogen) atoms. The van der Waals surface area contributed by atoms with E-state index in [2.05, 4.69) is 4.98 Å². The number of nitrogens with zero attached hydrogens (tertiary/aromatic N) is 1. The highest BCUT2D eigenvalue weighted by atomic mass is 16.4. The minimum atomic E-state index is -0.946. The average molecular weight is 163 g/mol. The number of aliphatic carboxylic acids is 1. The van der Waals surface area contributed by atoms with E-state index in [4.69, 9.17) is 5.11 Å². The van der Waals surface area contributed by atoms with Gasteiger partial charge >= 0.3 is 5.97 Å². The maximum Gasteiger partial charge on any atom is 0.328 e. The summed E-state index contributed by atoms with van der Waals surface area (Å²) in [5.41, 5.74) is 1.35. The van der Waals surface area contributed by atoms with Crippen LogP contribution in [-0.4, -0.2) is 16.1 Å². The number of allylic oxidation sites excluding steroid dienone is 1. The van der Waals surface area contributed by atoms with E-state index < -0.39 is 5.97 Å². The molecule has 1 aromatic heterocycles. The average Bonchev–Trinajstić information content (AvgIpc) is 2.05. The molecule has 0 atom stereocenters. The van der Waals surface area contributed by atoms with E-state index in [1.165, 1.54) is 0 Å². The molecule has 0 saturated carbocycles. The zero-order chi connectivity index (χ0) is 8.97. The van der Waals surface area contributed by atoms with Crippen LogP contribution >= 0.6 is 0 Å². The van der Waals surface area contributed by atoms with Crippen LogP contribution < -0.4 is 0 Å². The lowest BCUT2D eigenvalue weighted by Crippen LogP contribution is -1.91. The molecule has 0 aliphatic heterocycles. The largest absolute Gasteiger partial charge is 0.478 e. The van der Waals surface area contributed by atoms with E-state index in [1.54, 1.807) is 25.3 Å². The van der Waals surface area contributed by atoms with Crippen molar-refractivity contribution in [2.24, 2.45) is 0 Å². The van der Waals surface area contributed by atoms with Crippen molar-refractivity contribution in [3.05, 3.63) is 36.2 Å². The molecule has 0 aromatic carbocycles. The minimum absolute atomic E-state index is 0.656. The second-order valence-corrected chi connectivity index (χ2v) is 2.38. The Labute approximate surface area is 70.4 Å². The molecule has 1 heterocycles. The van der Waals surface area contributed by atoms with Gasteiger partial charge in [0, 0.05) is 12.3 Å². The fourth-order valence-electron chi connectivity index (χ4n) is 0.855. The second kappa shape index (κ2) is 3.67. The Bertz CT molecular complexity index is 304. The van der Waals surface area contributed by atoms with Gasteiger partial charge in [-0.3, -0.25) is 4.98 Å². The third-order valence-electron chi connectivity index (χ3n) is 1.41. The summed E-state index contributed by atoms with van der Waals surface area (Å²) in [4.78, 5) is 14.3. The van der Waals surface area contributed by atoms with Crippen LogP contribution in [0.4, 0.5) is 0 Å². The van der Waals surface area contributed by atoms with Crippen molar-refractivity contribution < 1.29 is 9.90 Å². The Morgan fingerprint density at radius 3 is 2.83 bits per heavy atom. The van der Waals surface area contributed by atoms with Crippen LogP contribution in [0.15, 0.2) is 30.5 Å². The monoisotopic (exact) mass is 163 g/mol. The Kier molecular flexibility index (Phi) is 2.58. The first kappa shape index (κ1) is 8.46. The van der Waals surface area contributed by atoms with Crippen LogP contribution in [0.1, 0.15) is 12.6 Å². The van der Waals surface area contributed by atoms with Crippen molar-refractivity contribution in [2.75, 3.05) is 0 Å². The number of hydrogen-bond acceptors (Lipinski definition) is 2. The summed E-state index contributed by atoms with van der Waals surface area (Å²) in [6, 6.07) is 5.38. The number of rotatable bonds is 2. The van der Waals surface area contributed by atoms with Crippen molar-refractivity contribution in [3.63, 3.8) is 0 Å². The van der Waals surface area contributed by atoms with Gasteiger partial charge in [-0.2, -0.15) is 0 Å². The molecule has 1 aromatic rings. The number of carbonyl (C=O) groups is 1. The number of aromatic nitrogens is 1. The van der Waals surface area contributed by atoms with Crippen molar-refractivity contribution in [1.82, 2.24) is 4.98 Å². The van der Waals surface area contributed by atoms with Crippen LogP contribution in [0.5, 0.6) is 0 Å². The van der Waals surface area contributed by atoms with Gasteiger partial charge in [-0.15, -0.1) is 0 Å². The van der Waals surface area contributed by atoms with Gasteiger partial charge in [-0.05, 0) is 24.6 Å². The third kappa shape index (κ3) is 2.20. The molecule has 0 amide bonds. The summed E-state index contributed by atoms with van der Waals surface area (Å²) < 4.78 is 0. The van der Waals surface area contributed by atoms with Gasteiger partial charge in [0.1, 0.15) is 0 Å². The van der Waals surface area contributed by atoms with Gasteiger partial charge in [0.2, 0.25) is 0 Å². The summed E-state index contributed by atoms with van der Waals surface area (Å²) >= 11 is 0. The Morgan fingerprint density at radius 1 is 1.58 bits per heavy atom. The predicted octanol–water partition coefficient (Wildman–Crippen LogP) is 1.57. The van der Waals surface area contributed by atoms with Gasteiger partial charge in [0.15, 0.2) is 0 Å². The van der Waals surface area contributed by atoms with Crippen LogP contribution in [0.3, 0.4) is 0 Å². The molecule has 1 N–H and O–H groups in total. The van der Waals surface area contributed by atoms with E-state index >= 15 is 0 Å². The molecular weight excluding hydrogens is 154 g/mol. The van der Waals surface area contributed by atoms with E-state index in [1.807, 2.05) is 6.07 Å². The van der Waals surface area contributed by atoms with Crippen LogP contribution in [0, 0.1) is 0 Å². The van der Waals surface area contributed by atoms with E-state index in [0.29, 0.717) is 11.3 Å².